The van der Waals surface area contributed by atoms with Crippen molar-refractivity contribution in [3.8, 4) is 0 Å². The summed E-state index contributed by atoms with van der Waals surface area (Å²) in [6, 6.07) is 0. The molecule has 0 aromatic carbocycles. The van der Waals surface area contributed by atoms with E-state index >= 15 is 0 Å². The number of hydrogen-bond donors (Lipinski definition) is 3. The molecule has 5 nitrogen and oxygen atoms in total. The molecule has 0 aliphatic heterocycles. The molecule has 0 saturated heterocycles. The Hall–Kier alpha value is -0.910. The Morgan fingerprint density at radius 1 is 0.950 bits per heavy atom. The van der Waals surface area contributed by atoms with Gasteiger partial charge in [0, 0.05) is 11.0 Å². The molecule has 0 bridgehead atoms. The van der Waals surface area contributed by atoms with Gasteiger partial charge in [-0.15, -0.1) is 0 Å². The van der Waals surface area contributed by atoms with E-state index < -0.39 is 5.41 Å². The number of rotatable bonds is 10. The average molecular weight is 288 g/mol. The quantitative estimate of drug-likeness (QED) is 0.418. The lowest BCUT2D eigenvalue weighted by molar-refractivity contribution is -0.141. The van der Waals surface area contributed by atoms with Gasteiger partial charge in [0.2, 0.25) is 0 Å². The van der Waals surface area contributed by atoms with Crippen molar-refractivity contribution < 1.29 is 24.9 Å². The summed E-state index contributed by atoms with van der Waals surface area (Å²) in [5.74, 6) is -0.339. The molecule has 0 fully saturated rings. The molecule has 20 heavy (non-hydrogen) atoms. The van der Waals surface area contributed by atoms with E-state index in [1.165, 1.54) is 0 Å². The van der Waals surface area contributed by atoms with Crippen molar-refractivity contribution in [2.75, 3.05) is 26.4 Å². The summed E-state index contributed by atoms with van der Waals surface area (Å²) in [4.78, 5) is 12.0. The minimum absolute atomic E-state index is 0.0741. The lowest BCUT2D eigenvalue weighted by Gasteiger charge is -2.26. The van der Waals surface area contributed by atoms with Crippen LogP contribution in [0.5, 0.6) is 0 Å². The topological polar surface area (TPSA) is 87.0 Å². The first-order chi connectivity index (χ1) is 9.53. The monoisotopic (exact) mass is 288 g/mol. The van der Waals surface area contributed by atoms with E-state index in [4.69, 9.17) is 4.74 Å². The van der Waals surface area contributed by atoms with Gasteiger partial charge < -0.3 is 20.1 Å². The molecule has 0 atom stereocenters. The van der Waals surface area contributed by atoms with Crippen LogP contribution in [-0.4, -0.2) is 47.7 Å². The molecule has 0 amide bonds. The van der Waals surface area contributed by atoms with Crippen LogP contribution in [-0.2, 0) is 9.53 Å². The third-order valence-electron chi connectivity index (χ3n) is 3.75. The highest BCUT2D eigenvalue weighted by molar-refractivity contribution is 5.89. The summed E-state index contributed by atoms with van der Waals surface area (Å²) in [5, 5.41) is 27.6. The normalized spacial score (nSPS) is 11.3. The fourth-order valence-electron chi connectivity index (χ4n) is 2.05. The largest absolute Gasteiger partial charge is 0.462 e. The molecular formula is C15H28O5. The Kier molecular flexibility index (Phi) is 9.46. The smallest absolute Gasteiger partial charge is 0.333 e. The van der Waals surface area contributed by atoms with Crippen molar-refractivity contribution >= 4 is 5.97 Å². The van der Waals surface area contributed by atoms with Gasteiger partial charge in [-0.3, -0.25) is 0 Å². The van der Waals surface area contributed by atoms with Crippen LogP contribution in [0.3, 0.4) is 0 Å². The maximum Gasteiger partial charge on any atom is 0.333 e. The second-order valence-corrected chi connectivity index (χ2v) is 5.00. The zero-order chi connectivity index (χ0) is 15.6. The molecule has 0 saturated carbocycles. The predicted molar refractivity (Wildman–Crippen MR) is 77.2 cm³/mol. The van der Waals surface area contributed by atoms with Crippen molar-refractivity contribution in [2.45, 2.75) is 46.5 Å². The summed E-state index contributed by atoms with van der Waals surface area (Å²) in [6.45, 7) is 4.98. The number of allylic oxidation sites excluding steroid dienone is 1. The number of carbonyl (C=O) groups excluding carboxylic acids is 1. The molecule has 0 aromatic heterocycles. The van der Waals surface area contributed by atoms with E-state index in [0.29, 0.717) is 12.0 Å². The van der Waals surface area contributed by atoms with Gasteiger partial charge in [-0.2, -0.15) is 0 Å². The SMILES string of the molecule is CCC(CC)=C(CC)C(=O)OCCC(CO)(CO)CO. The Balaban J connectivity index is 4.59. The van der Waals surface area contributed by atoms with Crippen LogP contribution < -0.4 is 0 Å². The Morgan fingerprint density at radius 3 is 1.80 bits per heavy atom. The number of aliphatic hydroxyl groups is 3. The number of ether oxygens (including phenoxy) is 1. The number of hydrogen-bond acceptors (Lipinski definition) is 5. The van der Waals surface area contributed by atoms with Crippen molar-refractivity contribution in [3.63, 3.8) is 0 Å². The molecule has 5 heteroatoms. The zero-order valence-electron chi connectivity index (χ0n) is 12.8. The number of carbonyl (C=O) groups is 1. The second-order valence-electron chi connectivity index (χ2n) is 5.00. The first-order valence-electron chi connectivity index (χ1n) is 7.24. The molecular weight excluding hydrogens is 260 g/mol. The van der Waals surface area contributed by atoms with Gasteiger partial charge in [-0.05, 0) is 25.7 Å². The molecule has 0 unspecified atom stereocenters. The van der Waals surface area contributed by atoms with Gasteiger partial charge in [0.25, 0.3) is 0 Å². The number of aliphatic hydroxyl groups excluding tert-OH is 3. The first kappa shape index (κ1) is 19.1. The zero-order valence-corrected chi connectivity index (χ0v) is 12.8. The van der Waals surface area contributed by atoms with Gasteiger partial charge in [-0.1, -0.05) is 26.3 Å². The minimum atomic E-state index is -0.991. The van der Waals surface area contributed by atoms with Crippen LogP contribution in [0.4, 0.5) is 0 Å². The van der Waals surface area contributed by atoms with E-state index in [0.717, 1.165) is 18.4 Å². The molecule has 0 radical (unpaired) electrons. The van der Waals surface area contributed by atoms with Crippen LogP contribution in [0.1, 0.15) is 46.5 Å². The Morgan fingerprint density at radius 2 is 1.45 bits per heavy atom. The van der Waals surface area contributed by atoms with Gasteiger partial charge >= 0.3 is 5.97 Å². The van der Waals surface area contributed by atoms with Crippen LogP contribution in [0.15, 0.2) is 11.1 Å². The van der Waals surface area contributed by atoms with Gasteiger partial charge in [0.15, 0.2) is 0 Å². The highest BCUT2D eigenvalue weighted by Crippen LogP contribution is 2.21. The average Bonchev–Trinajstić information content (AvgIpc) is 2.49. The molecule has 0 aliphatic rings. The van der Waals surface area contributed by atoms with Gasteiger partial charge in [0.1, 0.15) is 0 Å². The molecule has 0 aliphatic carbocycles. The molecule has 0 spiro atoms. The standard InChI is InChI=1S/C15H28O5/c1-4-12(5-2)13(6-3)14(19)20-8-7-15(9-16,10-17)11-18/h16-18H,4-11H2,1-3H3. The first-order valence-corrected chi connectivity index (χ1v) is 7.24. The van der Waals surface area contributed by atoms with Crippen molar-refractivity contribution in [1.29, 1.82) is 0 Å². The fraction of sp³-hybridized carbons (Fsp3) is 0.800. The lowest BCUT2D eigenvalue weighted by Crippen LogP contribution is -2.35. The Labute approximate surface area is 121 Å². The summed E-state index contributed by atoms with van der Waals surface area (Å²) in [7, 11) is 0. The summed E-state index contributed by atoms with van der Waals surface area (Å²) in [6.07, 6.45) is 2.50. The van der Waals surface area contributed by atoms with E-state index in [1.807, 2.05) is 20.8 Å². The van der Waals surface area contributed by atoms with E-state index in [2.05, 4.69) is 0 Å². The minimum Gasteiger partial charge on any atom is -0.462 e. The summed E-state index contributed by atoms with van der Waals surface area (Å²) in [5.41, 5.74) is 0.808. The molecule has 0 aromatic rings. The van der Waals surface area contributed by atoms with E-state index in [-0.39, 0.29) is 38.8 Å². The third-order valence-corrected chi connectivity index (χ3v) is 3.75. The van der Waals surface area contributed by atoms with Crippen molar-refractivity contribution in [1.82, 2.24) is 0 Å². The van der Waals surface area contributed by atoms with Crippen molar-refractivity contribution in [2.24, 2.45) is 5.41 Å². The molecule has 0 rings (SSSR count). The maximum atomic E-state index is 12.0. The third kappa shape index (κ3) is 5.23. The van der Waals surface area contributed by atoms with E-state index in [1.54, 1.807) is 0 Å². The van der Waals surface area contributed by atoms with Crippen molar-refractivity contribution in [3.05, 3.63) is 11.1 Å². The number of esters is 1. The van der Waals surface area contributed by atoms with Gasteiger partial charge in [0.05, 0.1) is 26.4 Å². The summed E-state index contributed by atoms with van der Waals surface area (Å²) < 4.78 is 5.21. The molecule has 3 N–H and O–H groups in total. The predicted octanol–water partition coefficient (Wildman–Crippen LogP) is 1.41. The Bertz CT molecular complexity index is 304. The molecule has 118 valence electrons. The van der Waals surface area contributed by atoms with Crippen LogP contribution in [0.25, 0.3) is 0 Å². The second kappa shape index (κ2) is 9.91. The highest BCUT2D eigenvalue weighted by atomic mass is 16.5. The summed E-state index contributed by atoms with van der Waals surface area (Å²) >= 11 is 0. The van der Waals surface area contributed by atoms with Gasteiger partial charge in [-0.25, -0.2) is 4.79 Å². The molecule has 0 heterocycles. The fourth-order valence-corrected chi connectivity index (χ4v) is 2.05. The maximum absolute atomic E-state index is 12.0. The van der Waals surface area contributed by atoms with E-state index in [9.17, 15) is 20.1 Å². The van der Waals surface area contributed by atoms with Crippen LogP contribution in [0.2, 0.25) is 0 Å². The highest BCUT2D eigenvalue weighted by Gasteiger charge is 2.28. The lowest BCUT2D eigenvalue weighted by atomic mass is 9.88. The van der Waals surface area contributed by atoms with Crippen LogP contribution >= 0.6 is 0 Å². The van der Waals surface area contributed by atoms with Crippen LogP contribution in [0, 0.1) is 5.41 Å².